The molecule has 0 unspecified atom stereocenters. The Morgan fingerprint density at radius 2 is 1.64 bits per heavy atom. The van der Waals surface area contributed by atoms with Gasteiger partial charge in [-0.25, -0.2) is 4.90 Å². The van der Waals surface area contributed by atoms with Crippen molar-refractivity contribution in [3.05, 3.63) is 40.5 Å². The molecule has 5 rings (SSSR count). The van der Waals surface area contributed by atoms with Crippen molar-refractivity contribution in [3.8, 4) is 0 Å². The van der Waals surface area contributed by atoms with Gasteiger partial charge in [0.1, 0.15) is 5.69 Å². The van der Waals surface area contributed by atoms with Crippen molar-refractivity contribution in [1.82, 2.24) is 0 Å². The highest BCUT2D eigenvalue weighted by Crippen LogP contribution is 2.53. The van der Waals surface area contributed by atoms with Crippen LogP contribution in [0.25, 0.3) is 0 Å². The molecule has 28 heavy (non-hydrogen) atoms. The average Bonchev–Trinajstić information content (AvgIpc) is 3.37. The maximum Gasteiger partial charge on any atom is 0.294 e. The smallest absolute Gasteiger partial charge is 0.294 e. The lowest BCUT2D eigenvalue weighted by molar-refractivity contribution is -0.383. The van der Waals surface area contributed by atoms with E-state index in [1.165, 1.54) is 17.4 Å². The minimum absolute atomic E-state index is 0.0816. The number of nitrogens with zero attached hydrogens (tertiary/aromatic N) is 2. The zero-order valence-corrected chi connectivity index (χ0v) is 15.5. The van der Waals surface area contributed by atoms with Crippen molar-refractivity contribution in [2.45, 2.75) is 44.6 Å². The normalized spacial score (nSPS) is 31.5. The number of benzene rings is 1. The average molecular weight is 381 g/mol. The molecule has 2 amide bonds. The highest BCUT2D eigenvalue weighted by molar-refractivity contribution is 6.23. The number of rotatable bonds is 4. The molecule has 0 radical (unpaired) electrons. The third kappa shape index (κ3) is 2.56. The Hall–Kier alpha value is -2.70. The minimum Gasteiger partial charge on any atom is -0.377 e. The molecule has 2 bridgehead atoms. The van der Waals surface area contributed by atoms with Crippen LogP contribution in [0.1, 0.15) is 38.5 Å². The molecule has 0 aromatic heterocycles. The molecule has 2 saturated carbocycles. The third-order valence-electron chi connectivity index (χ3n) is 6.87. The second-order valence-corrected chi connectivity index (χ2v) is 8.45. The van der Waals surface area contributed by atoms with Gasteiger partial charge in [-0.1, -0.05) is 31.4 Å². The zero-order valence-electron chi connectivity index (χ0n) is 15.5. The molecule has 1 N–H and O–H groups in total. The number of fused-ring (bicyclic) bond motifs is 5. The summed E-state index contributed by atoms with van der Waals surface area (Å²) in [6, 6.07) is 4.90. The number of allylic oxidation sites excluding steroid dienone is 2. The molecule has 1 aromatic rings. The predicted molar refractivity (Wildman–Crippen MR) is 104 cm³/mol. The number of nitro benzene ring substituents is 1. The molecule has 7 nitrogen and oxygen atoms in total. The van der Waals surface area contributed by atoms with Gasteiger partial charge >= 0.3 is 0 Å². The summed E-state index contributed by atoms with van der Waals surface area (Å²) in [5.74, 6) is -0.788. The molecule has 146 valence electrons. The first-order valence-electron chi connectivity index (χ1n) is 10.2. The van der Waals surface area contributed by atoms with Crippen LogP contribution in [0.4, 0.5) is 17.1 Å². The zero-order chi connectivity index (χ0) is 19.4. The molecule has 3 aliphatic carbocycles. The first-order chi connectivity index (χ1) is 13.5. The summed E-state index contributed by atoms with van der Waals surface area (Å²) in [6.45, 7) is 0. The molecule has 0 spiro atoms. The number of nitrogens with one attached hydrogen (secondary N) is 1. The minimum atomic E-state index is -0.439. The fourth-order valence-corrected chi connectivity index (χ4v) is 5.56. The van der Waals surface area contributed by atoms with E-state index in [9.17, 15) is 19.7 Å². The fourth-order valence-electron chi connectivity index (χ4n) is 5.56. The Morgan fingerprint density at radius 3 is 2.25 bits per heavy atom. The SMILES string of the molecule is O=C1[C@@H]2[C@@H](C(=O)N1c1ccc(NC3CCCCC3)c([N+](=O)[O-])c1)[C@H]1C=C[C@H]2C1. The summed E-state index contributed by atoms with van der Waals surface area (Å²) >= 11 is 0. The summed E-state index contributed by atoms with van der Waals surface area (Å²) in [7, 11) is 0. The van der Waals surface area contributed by atoms with Gasteiger partial charge in [-0.05, 0) is 43.2 Å². The lowest BCUT2D eigenvalue weighted by Crippen LogP contribution is -2.33. The number of carbonyl (C=O) groups is 2. The lowest BCUT2D eigenvalue weighted by atomic mass is 9.85. The standard InChI is InChI=1S/C21H23N3O4/c25-20-18-12-6-7-13(10-12)19(18)21(26)23(20)15-8-9-16(17(11-15)24(27)28)22-14-4-2-1-3-5-14/h6-9,11-14,18-19,22H,1-5,10H2/t12-,13-,18-,19-/m0/s1. The van der Waals surface area contributed by atoms with E-state index in [-0.39, 0.29) is 47.2 Å². The van der Waals surface area contributed by atoms with E-state index >= 15 is 0 Å². The lowest BCUT2D eigenvalue weighted by Gasteiger charge is -2.24. The maximum absolute atomic E-state index is 13.0. The van der Waals surface area contributed by atoms with Gasteiger partial charge in [0.05, 0.1) is 22.4 Å². The highest BCUT2D eigenvalue weighted by Gasteiger charge is 2.59. The largest absolute Gasteiger partial charge is 0.377 e. The van der Waals surface area contributed by atoms with Crippen LogP contribution >= 0.6 is 0 Å². The Morgan fingerprint density at radius 1 is 1.00 bits per heavy atom. The summed E-state index contributed by atoms with van der Waals surface area (Å²) in [4.78, 5) is 38.3. The topological polar surface area (TPSA) is 92.6 Å². The van der Waals surface area contributed by atoms with Crippen molar-refractivity contribution >= 4 is 28.9 Å². The molecule has 1 aromatic carbocycles. The number of carbonyl (C=O) groups excluding carboxylic acids is 2. The van der Waals surface area contributed by atoms with Gasteiger partial charge in [0.2, 0.25) is 11.8 Å². The summed E-state index contributed by atoms with van der Waals surface area (Å²) in [6.07, 6.45) is 10.4. The highest BCUT2D eigenvalue weighted by atomic mass is 16.6. The molecule has 4 atom stereocenters. The second kappa shape index (κ2) is 6.43. The Kier molecular flexibility index (Phi) is 4.00. The molecule has 1 heterocycles. The summed E-state index contributed by atoms with van der Waals surface area (Å²) in [5.41, 5.74) is 0.688. The van der Waals surface area contributed by atoms with Crippen molar-refractivity contribution in [1.29, 1.82) is 0 Å². The van der Waals surface area contributed by atoms with E-state index in [1.807, 2.05) is 12.2 Å². The van der Waals surface area contributed by atoms with Crippen LogP contribution in [0.5, 0.6) is 0 Å². The first-order valence-corrected chi connectivity index (χ1v) is 10.2. The van der Waals surface area contributed by atoms with Gasteiger partial charge < -0.3 is 5.32 Å². The van der Waals surface area contributed by atoms with Gasteiger partial charge in [-0.3, -0.25) is 19.7 Å². The van der Waals surface area contributed by atoms with Crippen molar-refractivity contribution in [3.63, 3.8) is 0 Å². The fraction of sp³-hybridized carbons (Fsp3) is 0.524. The van der Waals surface area contributed by atoms with Crippen LogP contribution < -0.4 is 10.2 Å². The van der Waals surface area contributed by atoms with Crippen molar-refractivity contribution in [2.75, 3.05) is 10.2 Å². The van der Waals surface area contributed by atoms with Gasteiger partial charge in [-0.15, -0.1) is 0 Å². The molecule has 4 aliphatic rings. The molecule has 3 fully saturated rings. The Bertz CT molecular complexity index is 860. The number of nitro groups is 1. The van der Waals surface area contributed by atoms with E-state index in [4.69, 9.17) is 0 Å². The van der Waals surface area contributed by atoms with Crippen LogP contribution in [-0.2, 0) is 9.59 Å². The van der Waals surface area contributed by atoms with Gasteiger partial charge in [0, 0.05) is 12.1 Å². The first kappa shape index (κ1) is 17.4. The number of hydrogen-bond donors (Lipinski definition) is 1. The van der Waals surface area contributed by atoms with Crippen LogP contribution in [0.2, 0.25) is 0 Å². The summed E-state index contributed by atoms with van der Waals surface area (Å²) in [5, 5.41) is 15.0. The second-order valence-electron chi connectivity index (χ2n) is 8.45. The Labute approximate surface area is 162 Å². The Balaban J connectivity index is 1.44. The number of amides is 2. The van der Waals surface area contributed by atoms with E-state index in [1.54, 1.807) is 12.1 Å². The number of imide groups is 1. The molecule has 1 aliphatic heterocycles. The quantitative estimate of drug-likeness (QED) is 0.372. The van der Waals surface area contributed by atoms with E-state index in [0.717, 1.165) is 32.1 Å². The van der Waals surface area contributed by atoms with E-state index < -0.39 is 4.92 Å². The van der Waals surface area contributed by atoms with Crippen molar-refractivity contribution < 1.29 is 14.5 Å². The van der Waals surface area contributed by atoms with Gasteiger partial charge in [0.25, 0.3) is 5.69 Å². The maximum atomic E-state index is 13.0. The van der Waals surface area contributed by atoms with E-state index in [2.05, 4.69) is 5.32 Å². The van der Waals surface area contributed by atoms with Gasteiger partial charge in [-0.2, -0.15) is 0 Å². The van der Waals surface area contributed by atoms with Gasteiger partial charge in [0.15, 0.2) is 0 Å². The van der Waals surface area contributed by atoms with Crippen LogP contribution in [0.15, 0.2) is 30.4 Å². The van der Waals surface area contributed by atoms with Crippen LogP contribution in [-0.4, -0.2) is 22.8 Å². The van der Waals surface area contributed by atoms with E-state index in [0.29, 0.717) is 11.4 Å². The summed E-state index contributed by atoms with van der Waals surface area (Å²) < 4.78 is 0. The molecular weight excluding hydrogens is 358 g/mol. The van der Waals surface area contributed by atoms with Crippen LogP contribution in [0, 0.1) is 33.8 Å². The molecular formula is C21H23N3O4. The van der Waals surface area contributed by atoms with Crippen molar-refractivity contribution in [2.24, 2.45) is 23.7 Å². The monoisotopic (exact) mass is 381 g/mol. The third-order valence-corrected chi connectivity index (χ3v) is 6.87. The molecule has 1 saturated heterocycles. The molecule has 7 heteroatoms. The number of hydrogen-bond acceptors (Lipinski definition) is 5. The number of anilines is 2. The van der Waals surface area contributed by atoms with Crippen LogP contribution in [0.3, 0.4) is 0 Å². The predicted octanol–water partition coefficient (Wildman–Crippen LogP) is 3.65.